The second-order valence-electron chi connectivity index (χ2n) is 10.1. The van der Waals surface area contributed by atoms with E-state index in [2.05, 4.69) is 16.9 Å². The Morgan fingerprint density at radius 3 is 2.51 bits per heavy atom. The summed E-state index contributed by atoms with van der Waals surface area (Å²) in [5.41, 5.74) is -1.00. The normalized spacial score (nSPS) is 19.1. The Morgan fingerprint density at radius 2 is 1.91 bits per heavy atom. The van der Waals surface area contributed by atoms with Crippen molar-refractivity contribution in [3.63, 3.8) is 0 Å². The number of rotatable bonds is 9. The number of allylic oxidation sites excluding steroid dienone is 3. The SMILES string of the molecule is C=C(/C(F)=C\C=C/C)[C@@H](C(=O)NC1CC(F)(F)C1)N(C(=O)[C@@H]1CCC(=O)N1c1cc(C#N)ccn1)c1cc(F)cc(F)c1. The molecule has 13 heteroatoms. The lowest BCUT2D eigenvalue weighted by Crippen LogP contribution is -2.59. The number of anilines is 2. The van der Waals surface area contributed by atoms with E-state index >= 15 is 4.39 Å². The molecule has 2 atom stereocenters. The molecule has 2 heterocycles. The number of carbonyl (C=O) groups is 3. The standard InChI is InChI=1S/C30H26F5N5O3/c1-3-4-5-23(33)17(2)27(28(42)38-21-14-30(34,35)15-21)39(22-12-19(31)11-20(32)13-22)29(43)24-6-7-26(41)40(24)25-10-18(16-36)8-9-37-25/h3-5,8-13,21,24,27H,2,6-7,14-15H2,1H3,(H,38,42)/b4-3-,23-5+/t24-,27-/m0/s1. The van der Waals surface area contributed by atoms with Gasteiger partial charge in [0.2, 0.25) is 11.8 Å². The highest BCUT2D eigenvalue weighted by Crippen LogP contribution is 2.38. The fraction of sp³-hybridized carbons (Fsp3) is 0.300. The molecule has 224 valence electrons. The van der Waals surface area contributed by atoms with E-state index in [1.54, 1.807) is 6.92 Å². The highest BCUT2D eigenvalue weighted by molar-refractivity contribution is 6.11. The Labute approximate surface area is 243 Å². The predicted octanol–water partition coefficient (Wildman–Crippen LogP) is 5.03. The average Bonchev–Trinajstić information content (AvgIpc) is 3.33. The Morgan fingerprint density at radius 1 is 1.23 bits per heavy atom. The van der Waals surface area contributed by atoms with Gasteiger partial charge in [0.15, 0.2) is 0 Å². The molecule has 0 radical (unpaired) electrons. The number of benzene rings is 1. The van der Waals surface area contributed by atoms with E-state index in [1.165, 1.54) is 30.5 Å². The third-order valence-corrected chi connectivity index (χ3v) is 7.00. The average molecular weight is 600 g/mol. The van der Waals surface area contributed by atoms with Crippen molar-refractivity contribution in [1.82, 2.24) is 10.3 Å². The van der Waals surface area contributed by atoms with Crippen LogP contribution in [0, 0.1) is 23.0 Å². The van der Waals surface area contributed by atoms with Crippen molar-refractivity contribution in [1.29, 1.82) is 5.26 Å². The first-order chi connectivity index (χ1) is 20.3. The number of hydrogen-bond donors (Lipinski definition) is 1. The Bertz CT molecular complexity index is 1540. The van der Waals surface area contributed by atoms with E-state index in [9.17, 15) is 37.2 Å². The zero-order valence-electron chi connectivity index (χ0n) is 22.9. The summed E-state index contributed by atoms with van der Waals surface area (Å²) < 4.78 is 71.4. The molecule has 1 aromatic carbocycles. The summed E-state index contributed by atoms with van der Waals surface area (Å²) in [6, 6.07) is 2.06. The maximum absolute atomic E-state index is 15.3. The number of amides is 3. The molecule has 8 nitrogen and oxygen atoms in total. The van der Waals surface area contributed by atoms with Gasteiger partial charge in [-0.1, -0.05) is 18.7 Å². The summed E-state index contributed by atoms with van der Waals surface area (Å²) >= 11 is 0. The van der Waals surface area contributed by atoms with Crippen molar-refractivity contribution in [2.75, 3.05) is 9.80 Å². The van der Waals surface area contributed by atoms with Crippen molar-refractivity contribution in [3.8, 4) is 6.07 Å². The van der Waals surface area contributed by atoms with Crippen LogP contribution in [0.5, 0.6) is 0 Å². The van der Waals surface area contributed by atoms with Gasteiger partial charge in [0.05, 0.1) is 17.3 Å². The minimum atomic E-state index is -3.03. The zero-order chi connectivity index (χ0) is 31.5. The van der Waals surface area contributed by atoms with Crippen LogP contribution >= 0.6 is 0 Å². The quantitative estimate of drug-likeness (QED) is 0.322. The third kappa shape index (κ3) is 6.80. The maximum atomic E-state index is 15.3. The van der Waals surface area contributed by atoms with Gasteiger partial charge in [0.1, 0.15) is 35.4 Å². The molecule has 0 bridgehead atoms. The Hall–Kier alpha value is -4.86. The fourth-order valence-corrected chi connectivity index (χ4v) is 4.96. The van der Waals surface area contributed by atoms with Gasteiger partial charge in [-0.25, -0.2) is 26.9 Å². The molecule has 2 aromatic rings. The number of nitrogens with one attached hydrogen (secondary N) is 1. The lowest BCUT2D eigenvalue weighted by molar-refractivity contribution is -0.132. The smallest absolute Gasteiger partial charge is 0.252 e. The number of pyridine rings is 1. The first-order valence-electron chi connectivity index (χ1n) is 13.2. The minimum Gasteiger partial charge on any atom is -0.351 e. The zero-order valence-corrected chi connectivity index (χ0v) is 22.9. The van der Waals surface area contributed by atoms with Crippen LogP contribution in [0.1, 0.15) is 38.2 Å². The topological polar surface area (TPSA) is 106 Å². The van der Waals surface area contributed by atoms with E-state index in [0.29, 0.717) is 11.0 Å². The van der Waals surface area contributed by atoms with Gasteiger partial charge in [0, 0.05) is 43.1 Å². The number of nitrogens with zero attached hydrogens (tertiary/aromatic N) is 4. The van der Waals surface area contributed by atoms with Crippen LogP contribution in [0.25, 0.3) is 0 Å². The van der Waals surface area contributed by atoms with Gasteiger partial charge < -0.3 is 5.32 Å². The fourth-order valence-electron chi connectivity index (χ4n) is 4.96. The molecular weight excluding hydrogens is 573 g/mol. The molecule has 1 aliphatic heterocycles. The number of aromatic nitrogens is 1. The highest BCUT2D eigenvalue weighted by Gasteiger charge is 2.49. The van der Waals surface area contributed by atoms with Gasteiger partial charge in [-0.15, -0.1) is 0 Å². The molecule has 1 N–H and O–H groups in total. The van der Waals surface area contributed by atoms with Crippen LogP contribution in [0.3, 0.4) is 0 Å². The lowest BCUT2D eigenvalue weighted by atomic mass is 9.87. The van der Waals surface area contributed by atoms with Gasteiger partial charge in [-0.2, -0.15) is 5.26 Å². The molecule has 1 aromatic heterocycles. The number of halogens is 5. The summed E-state index contributed by atoms with van der Waals surface area (Å²) in [7, 11) is 0. The first-order valence-corrected chi connectivity index (χ1v) is 13.2. The summed E-state index contributed by atoms with van der Waals surface area (Å²) in [5.74, 6) is -9.20. The molecule has 43 heavy (non-hydrogen) atoms. The van der Waals surface area contributed by atoms with E-state index in [1.807, 2.05) is 6.07 Å². The van der Waals surface area contributed by atoms with E-state index < -0.39 is 83.3 Å². The summed E-state index contributed by atoms with van der Waals surface area (Å²) in [6.07, 6.45) is 3.23. The number of alkyl halides is 2. The second-order valence-corrected chi connectivity index (χ2v) is 10.1. The van der Waals surface area contributed by atoms with Crippen molar-refractivity contribution >= 4 is 29.2 Å². The first kappa shape index (κ1) is 31.1. The van der Waals surface area contributed by atoms with E-state index in [0.717, 1.165) is 23.1 Å². The van der Waals surface area contributed by atoms with Gasteiger partial charge in [0.25, 0.3) is 11.8 Å². The minimum absolute atomic E-state index is 0.0686. The molecule has 3 amide bonds. The molecule has 1 saturated heterocycles. The molecule has 2 aliphatic rings. The van der Waals surface area contributed by atoms with Crippen LogP contribution in [0.4, 0.5) is 33.5 Å². The summed E-state index contributed by atoms with van der Waals surface area (Å²) in [5, 5.41) is 11.7. The van der Waals surface area contributed by atoms with Crippen molar-refractivity contribution in [3.05, 3.63) is 89.9 Å². The molecule has 2 fully saturated rings. The van der Waals surface area contributed by atoms with Crippen LogP contribution in [0.2, 0.25) is 0 Å². The van der Waals surface area contributed by atoms with Crippen LogP contribution in [-0.2, 0) is 14.4 Å². The van der Waals surface area contributed by atoms with Gasteiger partial charge in [-0.05, 0) is 43.7 Å². The van der Waals surface area contributed by atoms with Gasteiger partial charge >= 0.3 is 0 Å². The van der Waals surface area contributed by atoms with Gasteiger partial charge in [-0.3, -0.25) is 24.2 Å². The molecule has 0 unspecified atom stereocenters. The van der Waals surface area contributed by atoms with Crippen LogP contribution < -0.4 is 15.1 Å². The predicted molar refractivity (Wildman–Crippen MR) is 146 cm³/mol. The van der Waals surface area contributed by atoms with Crippen molar-refractivity contribution in [2.24, 2.45) is 0 Å². The Balaban J connectivity index is 1.84. The summed E-state index contributed by atoms with van der Waals surface area (Å²) in [4.78, 5) is 46.6. The Kier molecular flexibility index (Phi) is 9.08. The van der Waals surface area contributed by atoms with E-state index in [-0.39, 0.29) is 24.2 Å². The summed E-state index contributed by atoms with van der Waals surface area (Å²) in [6.45, 7) is 5.21. The largest absolute Gasteiger partial charge is 0.351 e. The number of nitriles is 1. The molecule has 1 saturated carbocycles. The van der Waals surface area contributed by atoms with Crippen LogP contribution in [-0.4, -0.2) is 46.8 Å². The lowest BCUT2D eigenvalue weighted by Gasteiger charge is -2.39. The molecular formula is C30H26F5N5O3. The maximum Gasteiger partial charge on any atom is 0.252 e. The molecule has 4 rings (SSSR count). The second kappa shape index (κ2) is 12.6. The van der Waals surface area contributed by atoms with Crippen molar-refractivity contribution in [2.45, 2.75) is 56.7 Å². The number of carbonyl (C=O) groups excluding carboxylic acids is 3. The van der Waals surface area contributed by atoms with E-state index in [4.69, 9.17) is 0 Å². The van der Waals surface area contributed by atoms with Crippen molar-refractivity contribution < 1.29 is 36.3 Å². The monoisotopic (exact) mass is 599 g/mol. The third-order valence-electron chi connectivity index (χ3n) is 7.00. The number of hydrogen-bond acceptors (Lipinski definition) is 5. The molecule has 1 aliphatic carbocycles. The van der Waals surface area contributed by atoms with Crippen LogP contribution in [0.15, 0.2) is 72.7 Å². The molecule has 0 spiro atoms. The highest BCUT2D eigenvalue weighted by atomic mass is 19.3.